The fraction of sp³-hybridized carbons (Fsp3) is 0.286. The van der Waals surface area contributed by atoms with Crippen molar-refractivity contribution in [3.05, 3.63) is 53.9 Å². The van der Waals surface area contributed by atoms with Crippen molar-refractivity contribution in [3.63, 3.8) is 0 Å². The summed E-state index contributed by atoms with van der Waals surface area (Å²) in [5.74, 6) is 2.30. The van der Waals surface area contributed by atoms with Gasteiger partial charge in [0.2, 0.25) is 0 Å². The molecule has 0 radical (unpaired) electrons. The summed E-state index contributed by atoms with van der Waals surface area (Å²) in [6, 6.07) is 13.3. The van der Waals surface area contributed by atoms with E-state index in [2.05, 4.69) is 10.3 Å². The highest BCUT2D eigenvalue weighted by molar-refractivity contribution is 8.14. The fourth-order valence-electron chi connectivity index (χ4n) is 2.89. The van der Waals surface area contributed by atoms with E-state index in [0.29, 0.717) is 18.8 Å². The number of nitrogens with one attached hydrogen (secondary N) is 1. The number of methoxy groups -OCH3 is 1. The van der Waals surface area contributed by atoms with Crippen LogP contribution in [0.4, 0.5) is 4.79 Å². The summed E-state index contributed by atoms with van der Waals surface area (Å²) in [5, 5.41) is 1.87. The van der Waals surface area contributed by atoms with Crippen LogP contribution in [0, 0.1) is 0 Å². The van der Waals surface area contributed by atoms with Crippen LogP contribution in [0.1, 0.15) is 11.4 Å². The van der Waals surface area contributed by atoms with Gasteiger partial charge in [0, 0.05) is 20.2 Å². The van der Waals surface area contributed by atoms with Crippen molar-refractivity contribution in [1.82, 2.24) is 14.9 Å². The summed E-state index contributed by atoms with van der Waals surface area (Å²) in [4.78, 5) is 27.2. The lowest BCUT2D eigenvalue weighted by Crippen LogP contribution is -2.18. The van der Waals surface area contributed by atoms with E-state index in [1.165, 1.54) is 0 Å². The number of benzene rings is 2. The van der Waals surface area contributed by atoms with Crippen LogP contribution in [0.3, 0.4) is 0 Å². The van der Waals surface area contributed by atoms with Crippen LogP contribution in [-0.2, 0) is 24.9 Å². The van der Waals surface area contributed by atoms with Gasteiger partial charge in [-0.1, -0.05) is 23.9 Å². The zero-order valence-electron chi connectivity index (χ0n) is 16.5. The van der Waals surface area contributed by atoms with Gasteiger partial charge in [0.15, 0.2) is 0 Å². The first-order chi connectivity index (χ1) is 14.0. The van der Waals surface area contributed by atoms with Gasteiger partial charge in [0.1, 0.15) is 30.2 Å². The van der Waals surface area contributed by atoms with Crippen molar-refractivity contribution < 1.29 is 19.1 Å². The number of aldehydes is 1. The molecule has 0 aliphatic carbocycles. The number of ether oxygens (including phenoxy) is 2. The van der Waals surface area contributed by atoms with Crippen molar-refractivity contribution in [2.75, 3.05) is 14.2 Å². The first-order valence-electron chi connectivity index (χ1n) is 9.08. The molecule has 1 heterocycles. The molecule has 1 aromatic heterocycles. The molecule has 0 aliphatic rings. The van der Waals surface area contributed by atoms with Gasteiger partial charge < -0.3 is 24.2 Å². The fourth-order valence-corrected chi connectivity index (χ4v) is 3.62. The number of carbonyl (C=O) groups excluding carboxylic acids is 2. The van der Waals surface area contributed by atoms with Crippen molar-refractivity contribution in [2.45, 2.75) is 18.3 Å². The highest BCUT2D eigenvalue weighted by Gasteiger charge is 2.14. The first kappa shape index (κ1) is 20.7. The number of fused-ring (bicyclic) bond motifs is 1. The quantitative estimate of drug-likeness (QED) is 0.571. The molecule has 8 heteroatoms. The molecule has 2 aromatic carbocycles. The number of imidazole rings is 1. The summed E-state index contributed by atoms with van der Waals surface area (Å²) in [5.41, 5.74) is 2.82. The Morgan fingerprint density at radius 3 is 2.62 bits per heavy atom. The number of thioether (sulfide) groups is 1. The number of aryl methyl sites for hydroxylation is 1. The average Bonchev–Trinajstić information content (AvgIpc) is 3.07. The van der Waals surface area contributed by atoms with Gasteiger partial charge in [0.05, 0.1) is 23.4 Å². The molecule has 0 bridgehead atoms. The molecule has 0 aliphatic heterocycles. The van der Waals surface area contributed by atoms with E-state index in [1.807, 2.05) is 54.1 Å². The van der Waals surface area contributed by atoms with E-state index < -0.39 is 5.25 Å². The van der Waals surface area contributed by atoms with Gasteiger partial charge >= 0.3 is 0 Å². The maximum atomic E-state index is 11.4. The Morgan fingerprint density at radius 1 is 1.24 bits per heavy atom. The number of hydrogen-bond donors (Lipinski definition) is 1. The lowest BCUT2D eigenvalue weighted by atomic mass is 10.1. The third-order valence-corrected chi connectivity index (χ3v) is 5.52. The highest BCUT2D eigenvalue weighted by atomic mass is 32.2. The molecule has 1 unspecified atom stereocenters. The molecule has 1 atom stereocenters. The maximum absolute atomic E-state index is 11.4. The molecular formula is C21H23N3O4S. The Kier molecular flexibility index (Phi) is 6.77. The number of aromatic nitrogens is 2. The molecule has 0 saturated heterocycles. The topological polar surface area (TPSA) is 82.5 Å². The van der Waals surface area contributed by atoms with Gasteiger partial charge in [-0.15, -0.1) is 0 Å². The normalized spacial score (nSPS) is 11.8. The molecule has 3 aromatic rings. The van der Waals surface area contributed by atoms with Crippen LogP contribution < -0.4 is 14.8 Å². The number of carbonyl (C=O) groups is 2. The average molecular weight is 413 g/mol. The van der Waals surface area contributed by atoms with Crippen LogP contribution in [0.2, 0.25) is 0 Å². The SMILES string of the molecule is CNC(=O)SC(C=O)Cc1ccc(OCc2nc3ccc(OC)cc3n2C)cc1. The van der Waals surface area contributed by atoms with E-state index in [0.717, 1.165) is 46.2 Å². The third-order valence-electron chi connectivity index (χ3n) is 4.52. The smallest absolute Gasteiger partial charge is 0.279 e. The Bertz CT molecular complexity index is 1000. The first-order valence-corrected chi connectivity index (χ1v) is 9.96. The zero-order chi connectivity index (χ0) is 20.8. The predicted octanol–water partition coefficient (Wildman–Crippen LogP) is 3.34. The molecule has 0 spiro atoms. The minimum atomic E-state index is -0.418. The standard InChI is InChI=1S/C21H23N3O4S/c1-22-21(26)29-17(12-25)10-14-4-6-15(7-5-14)28-13-20-23-18-9-8-16(27-3)11-19(18)24(20)2/h4-9,11-12,17H,10,13H2,1-3H3,(H,22,26). The third kappa shape index (κ3) is 5.08. The summed E-state index contributed by atoms with van der Waals surface area (Å²) < 4.78 is 13.1. The summed E-state index contributed by atoms with van der Waals surface area (Å²) in [6.07, 6.45) is 1.28. The molecule has 29 heavy (non-hydrogen) atoms. The Balaban J connectivity index is 1.63. The second-order valence-electron chi connectivity index (χ2n) is 6.41. The number of rotatable bonds is 8. The summed E-state index contributed by atoms with van der Waals surface area (Å²) in [7, 11) is 5.13. The number of amides is 1. The van der Waals surface area contributed by atoms with E-state index in [1.54, 1.807) is 14.2 Å². The van der Waals surface area contributed by atoms with Crippen molar-refractivity contribution >= 4 is 34.3 Å². The Morgan fingerprint density at radius 2 is 1.97 bits per heavy atom. The monoisotopic (exact) mass is 413 g/mol. The van der Waals surface area contributed by atoms with Crippen LogP contribution >= 0.6 is 11.8 Å². The number of nitrogens with zero attached hydrogens (tertiary/aromatic N) is 2. The Labute approximate surface area is 173 Å². The van der Waals surface area contributed by atoms with E-state index in [4.69, 9.17) is 9.47 Å². The largest absolute Gasteiger partial charge is 0.497 e. The maximum Gasteiger partial charge on any atom is 0.279 e. The molecule has 1 amide bonds. The van der Waals surface area contributed by atoms with E-state index in [9.17, 15) is 9.59 Å². The van der Waals surface area contributed by atoms with Crippen molar-refractivity contribution in [1.29, 1.82) is 0 Å². The minimum Gasteiger partial charge on any atom is -0.497 e. The molecule has 152 valence electrons. The Hall–Kier alpha value is -3.00. The molecule has 1 N–H and O–H groups in total. The molecule has 7 nitrogen and oxygen atoms in total. The van der Waals surface area contributed by atoms with Crippen LogP contribution in [-0.4, -0.2) is 40.5 Å². The predicted molar refractivity (Wildman–Crippen MR) is 114 cm³/mol. The minimum absolute atomic E-state index is 0.220. The highest BCUT2D eigenvalue weighted by Crippen LogP contribution is 2.23. The van der Waals surface area contributed by atoms with Crippen LogP contribution in [0.15, 0.2) is 42.5 Å². The van der Waals surface area contributed by atoms with Crippen molar-refractivity contribution in [3.8, 4) is 11.5 Å². The van der Waals surface area contributed by atoms with Gasteiger partial charge in [-0.25, -0.2) is 4.98 Å². The van der Waals surface area contributed by atoms with E-state index >= 15 is 0 Å². The van der Waals surface area contributed by atoms with Gasteiger partial charge in [-0.2, -0.15) is 0 Å². The van der Waals surface area contributed by atoms with Crippen LogP contribution in [0.5, 0.6) is 11.5 Å². The summed E-state index contributed by atoms with van der Waals surface area (Å²) >= 11 is 0.988. The summed E-state index contributed by atoms with van der Waals surface area (Å²) in [6.45, 7) is 0.330. The zero-order valence-corrected chi connectivity index (χ0v) is 17.4. The van der Waals surface area contributed by atoms with E-state index in [-0.39, 0.29) is 5.24 Å². The lowest BCUT2D eigenvalue weighted by molar-refractivity contribution is -0.107. The molecule has 3 rings (SSSR count). The second kappa shape index (κ2) is 9.47. The number of hydrogen-bond acceptors (Lipinski definition) is 6. The van der Waals surface area contributed by atoms with Gasteiger partial charge in [-0.05, 0) is 36.2 Å². The molecule has 0 saturated carbocycles. The van der Waals surface area contributed by atoms with Gasteiger partial charge in [-0.3, -0.25) is 4.79 Å². The lowest BCUT2D eigenvalue weighted by Gasteiger charge is -2.10. The molecule has 0 fully saturated rings. The van der Waals surface area contributed by atoms with Gasteiger partial charge in [0.25, 0.3) is 5.24 Å². The molecular weight excluding hydrogens is 390 g/mol. The second-order valence-corrected chi connectivity index (χ2v) is 7.62. The van der Waals surface area contributed by atoms with Crippen LogP contribution in [0.25, 0.3) is 11.0 Å². The van der Waals surface area contributed by atoms with Crippen molar-refractivity contribution in [2.24, 2.45) is 7.05 Å².